The predicted molar refractivity (Wildman–Crippen MR) is 75.5 cm³/mol. The van der Waals surface area contributed by atoms with Gasteiger partial charge in [0, 0.05) is 12.6 Å². The van der Waals surface area contributed by atoms with Crippen LogP contribution in [0.3, 0.4) is 0 Å². The number of aryl methyl sites for hydroxylation is 1. The van der Waals surface area contributed by atoms with E-state index in [1.54, 1.807) is 13.0 Å². The lowest BCUT2D eigenvalue weighted by Gasteiger charge is -2.13. The fourth-order valence-electron chi connectivity index (χ4n) is 1.87. The summed E-state index contributed by atoms with van der Waals surface area (Å²) < 4.78 is 13.1. The zero-order valence-corrected chi connectivity index (χ0v) is 11.3. The molecule has 0 saturated heterocycles. The molecule has 6 nitrogen and oxygen atoms in total. The Morgan fingerprint density at radius 3 is 2.86 bits per heavy atom. The maximum absolute atomic E-state index is 13.1. The standard InChI is InChI=1S/C14H14FN3O3/c1-9-5-12(18(20)21)7-16-14(9)17-8-13(19)10-3-2-4-11(15)6-10/h2-7,13,19H,8H2,1H3,(H,16,17)/t13-/m1/s1. The first-order valence-electron chi connectivity index (χ1n) is 6.26. The number of aliphatic hydroxyl groups is 1. The topological polar surface area (TPSA) is 88.3 Å². The lowest BCUT2D eigenvalue weighted by Crippen LogP contribution is -2.14. The van der Waals surface area contributed by atoms with Crippen molar-refractivity contribution in [1.82, 2.24) is 4.98 Å². The summed E-state index contributed by atoms with van der Waals surface area (Å²) in [5, 5.41) is 23.5. The summed E-state index contributed by atoms with van der Waals surface area (Å²) in [6, 6.07) is 7.08. The molecule has 1 heterocycles. The quantitative estimate of drug-likeness (QED) is 0.653. The SMILES string of the molecule is Cc1cc([N+](=O)[O-])cnc1NC[C@@H](O)c1cccc(F)c1. The predicted octanol–water partition coefficient (Wildman–Crippen LogP) is 2.58. The summed E-state index contributed by atoms with van der Waals surface area (Å²) >= 11 is 0. The van der Waals surface area contributed by atoms with Crippen LogP contribution in [0, 0.1) is 22.9 Å². The van der Waals surface area contributed by atoms with Crippen LogP contribution in [0.15, 0.2) is 36.5 Å². The lowest BCUT2D eigenvalue weighted by atomic mass is 10.1. The zero-order chi connectivity index (χ0) is 15.4. The fourth-order valence-corrected chi connectivity index (χ4v) is 1.87. The number of pyridine rings is 1. The van der Waals surface area contributed by atoms with E-state index < -0.39 is 16.8 Å². The Labute approximate surface area is 120 Å². The highest BCUT2D eigenvalue weighted by atomic mass is 19.1. The number of rotatable bonds is 5. The van der Waals surface area contributed by atoms with Crippen LogP contribution in [0.1, 0.15) is 17.2 Å². The van der Waals surface area contributed by atoms with E-state index in [0.29, 0.717) is 16.9 Å². The van der Waals surface area contributed by atoms with Crippen molar-refractivity contribution in [3.8, 4) is 0 Å². The third kappa shape index (κ3) is 3.73. The van der Waals surface area contributed by atoms with E-state index in [0.717, 1.165) is 6.20 Å². The van der Waals surface area contributed by atoms with Crippen LogP contribution in [0.25, 0.3) is 0 Å². The summed E-state index contributed by atoms with van der Waals surface area (Å²) in [6.07, 6.45) is 0.237. The van der Waals surface area contributed by atoms with E-state index >= 15 is 0 Å². The van der Waals surface area contributed by atoms with Gasteiger partial charge in [-0.1, -0.05) is 12.1 Å². The van der Waals surface area contributed by atoms with E-state index in [4.69, 9.17) is 0 Å². The number of aromatic nitrogens is 1. The molecule has 0 aliphatic carbocycles. The van der Waals surface area contributed by atoms with Crippen molar-refractivity contribution in [1.29, 1.82) is 0 Å². The van der Waals surface area contributed by atoms with Gasteiger partial charge in [0.05, 0.1) is 11.0 Å². The first-order chi connectivity index (χ1) is 9.97. The molecule has 2 rings (SSSR count). The second-order valence-corrected chi connectivity index (χ2v) is 4.57. The molecule has 1 atom stereocenters. The van der Waals surface area contributed by atoms with E-state index in [9.17, 15) is 19.6 Å². The van der Waals surface area contributed by atoms with Gasteiger partial charge in [-0.15, -0.1) is 0 Å². The molecular formula is C14H14FN3O3. The van der Waals surface area contributed by atoms with Crippen molar-refractivity contribution in [2.75, 3.05) is 11.9 Å². The van der Waals surface area contributed by atoms with Crippen LogP contribution >= 0.6 is 0 Å². The third-order valence-corrected chi connectivity index (χ3v) is 2.97. The van der Waals surface area contributed by atoms with Gasteiger partial charge in [0.1, 0.15) is 17.8 Å². The van der Waals surface area contributed by atoms with E-state index in [1.165, 1.54) is 24.3 Å². The summed E-state index contributed by atoms with van der Waals surface area (Å²) in [6.45, 7) is 1.80. The number of nitrogens with one attached hydrogen (secondary N) is 1. The Balaban J connectivity index is 2.04. The Hall–Kier alpha value is -2.54. The van der Waals surface area contributed by atoms with Crippen LogP contribution in [0.5, 0.6) is 0 Å². The molecule has 1 aromatic heterocycles. The normalized spacial score (nSPS) is 12.0. The molecule has 0 bridgehead atoms. The van der Waals surface area contributed by atoms with Crippen LogP contribution < -0.4 is 5.32 Å². The second kappa shape index (κ2) is 6.27. The van der Waals surface area contributed by atoms with Gasteiger partial charge in [0.15, 0.2) is 0 Å². The van der Waals surface area contributed by atoms with Crippen molar-refractivity contribution in [3.05, 3.63) is 63.6 Å². The Kier molecular flexibility index (Phi) is 4.44. The summed E-state index contributed by atoms with van der Waals surface area (Å²) in [5.74, 6) is 0.0206. The molecule has 0 radical (unpaired) electrons. The molecule has 0 aliphatic heterocycles. The van der Waals surface area contributed by atoms with Gasteiger partial charge in [-0.05, 0) is 30.2 Å². The minimum Gasteiger partial charge on any atom is -0.387 e. The molecule has 0 unspecified atom stereocenters. The minimum absolute atomic E-state index is 0.0938. The van der Waals surface area contributed by atoms with Gasteiger partial charge in [-0.2, -0.15) is 0 Å². The van der Waals surface area contributed by atoms with Crippen molar-refractivity contribution in [2.24, 2.45) is 0 Å². The number of halogens is 1. The van der Waals surface area contributed by atoms with Crippen molar-refractivity contribution >= 4 is 11.5 Å². The minimum atomic E-state index is -0.905. The van der Waals surface area contributed by atoms with E-state index in [-0.39, 0.29) is 12.2 Å². The smallest absolute Gasteiger partial charge is 0.287 e. The molecule has 21 heavy (non-hydrogen) atoms. The average molecular weight is 291 g/mol. The third-order valence-electron chi connectivity index (χ3n) is 2.97. The largest absolute Gasteiger partial charge is 0.387 e. The average Bonchev–Trinajstić information content (AvgIpc) is 2.45. The van der Waals surface area contributed by atoms with Crippen molar-refractivity contribution < 1.29 is 14.4 Å². The van der Waals surface area contributed by atoms with Crippen molar-refractivity contribution in [3.63, 3.8) is 0 Å². The molecule has 110 valence electrons. The van der Waals surface area contributed by atoms with Gasteiger partial charge >= 0.3 is 0 Å². The molecule has 7 heteroatoms. The van der Waals surface area contributed by atoms with Gasteiger partial charge < -0.3 is 10.4 Å². The Morgan fingerprint density at radius 1 is 1.48 bits per heavy atom. The van der Waals surface area contributed by atoms with Gasteiger partial charge in [0.25, 0.3) is 5.69 Å². The van der Waals surface area contributed by atoms with Crippen LogP contribution in [-0.4, -0.2) is 21.6 Å². The number of nitrogens with zero attached hydrogens (tertiary/aromatic N) is 2. The first kappa shape index (κ1) is 14.9. The highest BCUT2D eigenvalue weighted by molar-refractivity contribution is 5.48. The van der Waals surface area contributed by atoms with Crippen LogP contribution in [0.4, 0.5) is 15.9 Å². The number of hydrogen-bond acceptors (Lipinski definition) is 5. The van der Waals surface area contributed by atoms with Gasteiger partial charge in [-0.3, -0.25) is 10.1 Å². The summed E-state index contributed by atoms with van der Waals surface area (Å²) in [4.78, 5) is 14.0. The highest BCUT2D eigenvalue weighted by Crippen LogP contribution is 2.20. The molecule has 2 aromatic rings. The maximum Gasteiger partial charge on any atom is 0.287 e. The number of nitro groups is 1. The van der Waals surface area contributed by atoms with Crippen molar-refractivity contribution in [2.45, 2.75) is 13.0 Å². The number of anilines is 1. The summed E-state index contributed by atoms with van der Waals surface area (Å²) in [7, 11) is 0. The molecule has 2 N–H and O–H groups in total. The fraction of sp³-hybridized carbons (Fsp3) is 0.214. The lowest BCUT2D eigenvalue weighted by molar-refractivity contribution is -0.385. The second-order valence-electron chi connectivity index (χ2n) is 4.57. The van der Waals surface area contributed by atoms with Crippen LogP contribution in [0.2, 0.25) is 0 Å². The highest BCUT2D eigenvalue weighted by Gasteiger charge is 2.12. The molecule has 1 aromatic carbocycles. The number of hydrogen-bond donors (Lipinski definition) is 2. The Bertz CT molecular complexity index is 664. The molecule has 0 amide bonds. The van der Waals surface area contributed by atoms with E-state index in [1.807, 2.05) is 0 Å². The zero-order valence-electron chi connectivity index (χ0n) is 11.3. The maximum atomic E-state index is 13.1. The van der Waals surface area contributed by atoms with Gasteiger partial charge in [0.2, 0.25) is 0 Å². The molecule has 0 fully saturated rings. The molecular weight excluding hydrogens is 277 g/mol. The van der Waals surface area contributed by atoms with Crippen LogP contribution in [-0.2, 0) is 0 Å². The van der Waals surface area contributed by atoms with E-state index in [2.05, 4.69) is 10.3 Å². The molecule has 0 saturated carbocycles. The summed E-state index contributed by atoms with van der Waals surface area (Å²) in [5.41, 5.74) is 0.946. The van der Waals surface area contributed by atoms with Gasteiger partial charge in [-0.25, -0.2) is 9.37 Å². The number of aliphatic hydroxyl groups excluding tert-OH is 1. The molecule has 0 aliphatic rings. The Morgan fingerprint density at radius 2 is 2.24 bits per heavy atom. The monoisotopic (exact) mass is 291 g/mol. The molecule has 0 spiro atoms. The number of benzene rings is 1. The first-order valence-corrected chi connectivity index (χ1v) is 6.26.